The molecule has 0 aromatic heterocycles. The number of benzene rings is 1. The summed E-state index contributed by atoms with van der Waals surface area (Å²) >= 11 is 0. The molecule has 0 saturated heterocycles. The molecule has 1 aromatic carbocycles. The molecule has 2 aliphatic carbocycles. The van der Waals surface area contributed by atoms with Crippen LogP contribution in [0.3, 0.4) is 0 Å². The minimum Gasteiger partial charge on any atom is -0.494 e. The Kier molecular flexibility index (Phi) is 12.7. The van der Waals surface area contributed by atoms with E-state index in [2.05, 4.69) is 50.0 Å². The third-order valence-corrected chi connectivity index (χ3v) is 8.35. The average Bonchev–Trinajstić information content (AvgIpc) is 2.88. The third kappa shape index (κ3) is 10.3. The lowest BCUT2D eigenvalue weighted by Gasteiger charge is -2.31. The number of allylic oxidation sites excluding steroid dienone is 2. The first kappa shape index (κ1) is 26.9. The van der Waals surface area contributed by atoms with Gasteiger partial charge in [-0.05, 0) is 86.1 Å². The first-order valence-corrected chi connectivity index (χ1v) is 14.7. The van der Waals surface area contributed by atoms with E-state index < -0.39 is 0 Å². The van der Waals surface area contributed by atoms with Gasteiger partial charge in [0.15, 0.2) is 0 Å². The summed E-state index contributed by atoms with van der Waals surface area (Å²) in [5, 5.41) is 0. The van der Waals surface area contributed by atoms with Crippen LogP contribution < -0.4 is 4.74 Å². The molecular weight excluding hydrogens is 412 g/mol. The normalized spacial score (nSPS) is 25.1. The molecule has 34 heavy (non-hydrogen) atoms. The van der Waals surface area contributed by atoms with Crippen molar-refractivity contribution < 1.29 is 4.74 Å². The Morgan fingerprint density at radius 3 is 1.94 bits per heavy atom. The highest BCUT2D eigenvalue weighted by Crippen LogP contribution is 2.38. The summed E-state index contributed by atoms with van der Waals surface area (Å²) < 4.78 is 5.72. The van der Waals surface area contributed by atoms with E-state index in [9.17, 15) is 0 Å². The predicted octanol–water partition coefficient (Wildman–Crippen LogP) is 9.75. The van der Waals surface area contributed by atoms with Gasteiger partial charge in [0.1, 0.15) is 5.75 Å². The van der Waals surface area contributed by atoms with Gasteiger partial charge in [-0.2, -0.15) is 0 Å². The molecule has 0 bridgehead atoms. The van der Waals surface area contributed by atoms with Crippen molar-refractivity contribution in [3.63, 3.8) is 0 Å². The Morgan fingerprint density at radius 1 is 0.735 bits per heavy atom. The molecule has 0 N–H and O–H groups in total. The first-order chi connectivity index (χ1) is 16.8. The molecule has 1 heteroatoms. The zero-order chi connectivity index (χ0) is 23.8. The van der Waals surface area contributed by atoms with Crippen molar-refractivity contribution in [1.82, 2.24) is 0 Å². The number of unbranched alkanes of at least 4 members (excludes halogenated alkanes) is 3. The Balaban J connectivity index is 1.27. The molecule has 3 rings (SSSR count). The summed E-state index contributed by atoms with van der Waals surface area (Å²) in [5.74, 6) is 11.3. The summed E-state index contributed by atoms with van der Waals surface area (Å²) in [6.45, 7) is 5.30. The van der Waals surface area contributed by atoms with Crippen molar-refractivity contribution >= 4 is 0 Å². The van der Waals surface area contributed by atoms with Gasteiger partial charge in [-0.1, -0.05) is 102 Å². The summed E-state index contributed by atoms with van der Waals surface area (Å²) in [6, 6.07) is 8.19. The molecule has 0 spiro atoms. The van der Waals surface area contributed by atoms with Crippen molar-refractivity contribution in [1.29, 1.82) is 0 Å². The van der Waals surface area contributed by atoms with E-state index in [1.54, 1.807) is 0 Å². The molecular formula is C33H50O. The minimum absolute atomic E-state index is 0.735. The second-order valence-corrected chi connectivity index (χ2v) is 11.1. The topological polar surface area (TPSA) is 9.23 Å². The molecule has 0 heterocycles. The fraction of sp³-hybridized carbons (Fsp3) is 0.697. The van der Waals surface area contributed by atoms with Crippen LogP contribution in [0.4, 0.5) is 0 Å². The Labute approximate surface area is 211 Å². The van der Waals surface area contributed by atoms with Gasteiger partial charge in [-0.25, -0.2) is 0 Å². The molecule has 1 nitrogen and oxygen atoms in total. The van der Waals surface area contributed by atoms with Crippen LogP contribution in [-0.4, -0.2) is 6.61 Å². The quantitative estimate of drug-likeness (QED) is 0.222. The fourth-order valence-corrected chi connectivity index (χ4v) is 5.91. The maximum atomic E-state index is 5.72. The summed E-state index contributed by atoms with van der Waals surface area (Å²) in [6.07, 6.45) is 27.1. The van der Waals surface area contributed by atoms with Gasteiger partial charge in [-0.15, -0.1) is 0 Å². The van der Waals surface area contributed by atoms with Crippen molar-refractivity contribution in [2.75, 3.05) is 6.61 Å². The molecule has 0 radical (unpaired) electrons. The Bertz CT molecular complexity index is 733. The number of hydrogen-bond acceptors (Lipinski definition) is 1. The van der Waals surface area contributed by atoms with Crippen molar-refractivity contribution in [3.05, 3.63) is 42.0 Å². The van der Waals surface area contributed by atoms with E-state index in [1.807, 2.05) is 12.1 Å². The maximum absolute atomic E-state index is 5.72. The van der Waals surface area contributed by atoms with Crippen LogP contribution >= 0.6 is 0 Å². The molecule has 0 unspecified atom stereocenters. The summed E-state index contributed by atoms with van der Waals surface area (Å²) in [7, 11) is 0. The molecule has 0 aliphatic heterocycles. The zero-order valence-corrected chi connectivity index (χ0v) is 22.2. The van der Waals surface area contributed by atoms with Crippen LogP contribution in [0.15, 0.2) is 36.4 Å². The first-order valence-electron chi connectivity index (χ1n) is 14.7. The van der Waals surface area contributed by atoms with Crippen molar-refractivity contribution in [2.24, 2.45) is 23.7 Å². The van der Waals surface area contributed by atoms with Crippen molar-refractivity contribution in [3.8, 4) is 17.6 Å². The van der Waals surface area contributed by atoms with E-state index >= 15 is 0 Å². The van der Waals surface area contributed by atoms with Crippen LogP contribution in [0.25, 0.3) is 0 Å². The van der Waals surface area contributed by atoms with Crippen molar-refractivity contribution in [2.45, 2.75) is 117 Å². The van der Waals surface area contributed by atoms with Gasteiger partial charge in [-0.3, -0.25) is 0 Å². The van der Waals surface area contributed by atoms with E-state index in [1.165, 1.54) is 89.9 Å². The van der Waals surface area contributed by atoms with Crippen LogP contribution in [0, 0.1) is 35.5 Å². The van der Waals surface area contributed by atoms with Gasteiger partial charge >= 0.3 is 0 Å². The predicted molar refractivity (Wildman–Crippen MR) is 147 cm³/mol. The Hall–Kier alpha value is -1.68. The second kappa shape index (κ2) is 16.1. The highest BCUT2D eigenvalue weighted by Gasteiger charge is 2.24. The number of hydrogen-bond donors (Lipinski definition) is 0. The molecule has 2 aliphatic rings. The van der Waals surface area contributed by atoms with Crippen LogP contribution in [0.2, 0.25) is 0 Å². The standard InChI is InChI=1S/C33H50O/c1-3-5-7-10-28-13-17-31(18-14-28)21-22-32-19-15-29(16-20-32)11-8-9-12-30-23-25-33(26-24-30)34-27-6-4-2/h8,11,23-26,28-29,31-32H,3-7,10,13-22,27H2,1-2H3. The largest absolute Gasteiger partial charge is 0.494 e. The number of rotatable bonds is 12. The van der Waals surface area contributed by atoms with Gasteiger partial charge in [0, 0.05) is 5.56 Å². The van der Waals surface area contributed by atoms with Crippen LogP contribution in [0.5, 0.6) is 5.75 Å². The monoisotopic (exact) mass is 462 g/mol. The zero-order valence-electron chi connectivity index (χ0n) is 22.2. The SMILES string of the molecule is CCCCCC1CCC(CCC2CCC(C=CC#Cc3ccc(OCCCC)cc3)CC2)CC1. The molecule has 0 amide bonds. The number of ether oxygens (including phenoxy) is 1. The fourth-order valence-electron chi connectivity index (χ4n) is 5.91. The maximum Gasteiger partial charge on any atom is 0.119 e. The van der Waals surface area contributed by atoms with Gasteiger partial charge in [0.25, 0.3) is 0 Å². The van der Waals surface area contributed by atoms with Crippen LogP contribution in [0.1, 0.15) is 122 Å². The van der Waals surface area contributed by atoms with E-state index in [0.29, 0.717) is 0 Å². The minimum atomic E-state index is 0.735. The lowest BCUT2D eigenvalue weighted by atomic mass is 9.75. The third-order valence-electron chi connectivity index (χ3n) is 8.35. The van der Waals surface area contributed by atoms with E-state index in [4.69, 9.17) is 4.74 Å². The van der Waals surface area contributed by atoms with Gasteiger partial charge in [0.2, 0.25) is 0 Å². The van der Waals surface area contributed by atoms with Gasteiger partial charge in [0.05, 0.1) is 6.61 Å². The smallest absolute Gasteiger partial charge is 0.119 e. The highest BCUT2D eigenvalue weighted by atomic mass is 16.5. The van der Waals surface area contributed by atoms with Crippen LogP contribution in [-0.2, 0) is 0 Å². The molecule has 0 atom stereocenters. The average molecular weight is 463 g/mol. The summed E-state index contributed by atoms with van der Waals surface area (Å²) in [4.78, 5) is 0. The highest BCUT2D eigenvalue weighted by molar-refractivity contribution is 5.40. The summed E-state index contributed by atoms with van der Waals surface area (Å²) in [5.41, 5.74) is 1.06. The molecule has 188 valence electrons. The Morgan fingerprint density at radius 2 is 1.32 bits per heavy atom. The molecule has 2 fully saturated rings. The lowest BCUT2D eigenvalue weighted by Crippen LogP contribution is -2.17. The lowest BCUT2D eigenvalue weighted by molar-refractivity contribution is 0.219. The van der Waals surface area contributed by atoms with Gasteiger partial charge < -0.3 is 4.74 Å². The van der Waals surface area contributed by atoms with E-state index in [0.717, 1.165) is 54.4 Å². The molecule has 2 saturated carbocycles. The van der Waals surface area contributed by atoms with E-state index in [-0.39, 0.29) is 0 Å². The second-order valence-electron chi connectivity index (χ2n) is 11.1. The molecule has 1 aromatic rings.